The number of hydrogen-bond acceptors (Lipinski definition) is 4. The van der Waals surface area contributed by atoms with Crippen molar-refractivity contribution in [2.24, 2.45) is 0 Å². The van der Waals surface area contributed by atoms with Gasteiger partial charge in [-0.25, -0.2) is 9.97 Å². The lowest BCUT2D eigenvalue weighted by molar-refractivity contribution is 0.0607. The molecule has 5 heteroatoms. The Morgan fingerprint density at radius 1 is 1.22 bits per heavy atom. The molecule has 0 aromatic carbocycles. The van der Waals surface area contributed by atoms with Crippen LogP contribution in [0, 0.1) is 0 Å². The quantitative estimate of drug-likeness (QED) is 0.893. The molecule has 98 valence electrons. The third kappa shape index (κ3) is 2.45. The molecule has 0 radical (unpaired) electrons. The normalized spacial score (nSPS) is 32.2. The third-order valence-electron chi connectivity index (χ3n) is 4.29. The van der Waals surface area contributed by atoms with Gasteiger partial charge in [0.15, 0.2) is 0 Å². The molecule has 4 nitrogen and oxygen atoms in total. The molecule has 0 aliphatic carbocycles. The summed E-state index contributed by atoms with van der Waals surface area (Å²) in [5.41, 5.74) is 0. The van der Waals surface area contributed by atoms with Gasteiger partial charge in [-0.2, -0.15) is 0 Å². The van der Waals surface area contributed by atoms with Crippen molar-refractivity contribution in [3.63, 3.8) is 0 Å². The van der Waals surface area contributed by atoms with Crippen molar-refractivity contribution in [2.75, 3.05) is 12.4 Å². The number of nitrogens with one attached hydrogen (secondary N) is 1. The highest BCUT2D eigenvalue weighted by Crippen LogP contribution is 2.33. The summed E-state index contributed by atoms with van der Waals surface area (Å²) in [4.78, 5) is 11.0. The number of halogens is 1. The first-order valence-corrected chi connectivity index (χ1v) is 7.06. The fourth-order valence-corrected chi connectivity index (χ4v) is 3.40. The monoisotopic (exact) mass is 266 g/mol. The van der Waals surface area contributed by atoms with Gasteiger partial charge in [0.05, 0.1) is 17.4 Å². The van der Waals surface area contributed by atoms with Gasteiger partial charge in [-0.05, 0) is 32.7 Å². The summed E-state index contributed by atoms with van der Waals surface area (Å²) in [6.45, 7) is 0. The maximum absolute atomic E-state index is 5.79. The second kappa shape index (κ2) is 5.02. The van der Waals surface area contributed by atoms with Crippen molar-refractivity contribution in [1.29, 1.82) is 0 Å². The van der Waals surface area contributed by atoms with Crippen molar-refractivity contribution in [1.82, 2.24) is 14.9 Å². The number of hydrogen-bond donors (Lipinski definition) is 1. The minimum Gasteiger partial charge on any atom is -0.351 e. The topological polar surface area (TPSA) is 41.0 Å². The number of aromatic nitrogens is 2. The van der Waals surface area contributed by atoms with Crippen LogP contribution in [0.2, 0.25) is 5.02 Å². The molecular weight excluding hydrogens is 248 g/mol. The van der Waals surface area contributed by atoms with E-state index in [-0.39, 0.29) is 0 Å². The number of anilines is 1. The summed E-state index contributed by atoms with van der Waals surface area (Å²) < 4.78 is 0. The van der Waals surface area contributed by atoms with Crippen LogP contribution in [0.4, 0.5) is 5.95 Å². The molecule has 2 aliphatic rings. The van der Waals surface area contributed by atoms with Gasteiger partial charge in [0, 0.05) is 18.1 Å². The van der Waals surface area contributed by atoms with E-state index in [0.717, 1.165) is 12.1 Å². The van der Waals surface area contributed by atoms with E-state index in [9.17, 15) is 0 Å². The Kier molecular flexibility index (Phi) is 3.39. The Morgan fingerprint density at radius 3 is 2.44 bits per heavy atom. The molecule has 2 saturated heterocycles. The van der Waals surface area contributed by atoms with Gasteiger partial charge in [0.1, 0.15) is 0 Å². The molecule has 1 aromatic rings. The molecule has 2 unspecified atom stereocenters. The Balaban J connectivity index is 1.66. The molecule has 2 aliphatic heterocycles. The summed E-state index contributed by atoms with van der Waals surface area (Å²) in [5, 5.41) is 4.03. The van der Waals surface area contributed by atoms with Crippen LogP contribution >= 0.6 is 11.6 Å². The van der Waals surface area contributed by atoms with E-state index in [1.54, 1.807) is 12.4 Å². The molecule has 0 amide bonds. The molecule has 18 heavy (non-hydrogen) atoms. The predicted octanol–water partition coefficient (Wildman–Crippen LogP) is 2.56. The molecule has 2 fully saturated rings. The molecule has 1 N–H and O–H groups in total. The lowest BCUT2D eigenvalue weighted by atomic mass is 9.82. The van der Waals surface area contributed by atoms with Crippen molar-refractivity contribution < 1.29 is 0 Å². The van der Waals surface area contributed by atoms with Crippen LogP contribution in [0.25, 0.3) is 0 Å². The van der Waals surface area contributed by atoms with Gasteiger partial charge in [-0.3, -0.25) is 0 Å². The zero-order valence-corrected chi connectivity index (χ0v) is 11.4. The third-order valence-corrected chi connectivity index (χ3v) is 4.49. The van der Waals surface area contributed by atoms with E-state index in [0.29, 0.717) is 17.0 Å². The second-order valence-corrected chi connectivity index (χ2v) is 5.88. The molecule has 3 heterocycles. The highest BCUT2D eigenvalue weighted by atomic mass is 35.5. The number of fused-ring (bicyclic) bond motifs is 2. The van der Waals surface area contributed by atoms with Gasteiger partial charge in [-0.15, -0.1) is 0 Å². The summed E-state index contributed by atoms with van der Waals surface area (Å²) in [5.74, 6) is 0.701. The zero-order chi connectivity index (χ0) is 12.5. The highest BCUT2D eigenvalue weighted by Gasteiger charge is 2.35. The fraction of sp³-hybridized carbons (Fsp3) is 0.692. The second-order valence-electron chi connectivity index (χ2n) is 5.44. The van der Waals surface area contributed by atoms with Gasteiger partial charge >= 0.3 is 0 Å². The van der Waals surface area contributed by atoms with Crippen LogP contribution in [0.3, 0.4) is 0 Å². The largest absolute Gasteiger partial charge is 0.351 e. The summed E-state index contributed by atoms with van der Waals surface area (Å²) in [7, 11) is 2.27. The number of rotatable bonds is 2. The van der Waals surface area contributed by atoms with Crippen molar-refractivity contribution in [2.45, 2.75) is 50.2 Å². The van der Waals surface area contributed by atoms with Crippen LogP contribution in [-0.4, -0.2) is 40.0 Å². The minimum absolute atomic E-state index is 0.498. The fourth-order valence-electron chi connectivity index (χ4n) is 3.30. The van der Waals surface area contributed by atoms with Crippen molar-refractivity contribution >= 4 is 17.5 Å². The van der Waals surface area contributed by atoms with Crippen LogP contribution < -0.4 is 5.32 Å². The average molecular weight is 267 g/mol. The van der Waals surface area contributed by atoms with Gasteiger partial charge in [-0.1, -0.05) is 18.0 Å². The van der Waals surface area contributed by atoms with Crippen molar-refractivity contribution in [3.8, 4) is 0 Å². The van der Waals surface area contributed by atoms with E-state index < -0.39 is 0 Å². The molecule has 2 bridgehead atoms. The Morgan fingerprint density at radius 2 is 1.83 bits per heavy atom. The summed E-state index contributed by atoms with van der Waals surface area (Å²) in [6.07, 6.45) is 9.71. The van der Waals surface area contributed by atoms with E-state index in [1.165, 1.54) is 32.1 Å². The molecule has 2 atom stereocenters. The maximum Gasteiger partial charge on any atom is 0.222 e. The molecular formula is C13H19ClN4. The van der Waals surface area contributed by atoms with E-state index >= 15 is 0 Å². The van der Waals surface area contributed by atoms with E-state index in [1.807, 2.05) is 0 Å². The van der Waals surface area contributed by atoms with Gasteiger partial charge in [0.2, 0.25) is 5.95 Å². The van der Waals surface area contributed by atoms with E-state index in [2.05, 4.69) is 27.2 Å². The van der Waals surface area contributed by atoms with Gasteiger partial charge < -0.3 is 10.2 Å². The smallest absolute Gasteiger partial charge is 0.222 e. The zero-order valence-electron chi connectivity index (χ0n) is 10.6. The Hall–Kier alpha value is -0.870. The average Bonchev–Trinajstić information content (AvgIpc) is 2.33. The van der Waals surface area contributed by atoms with Crippen LogP contribution in [0.1, 0.15) is 32.1 Å². The number of piperidine rings is 2. The molecule has 0 saturated carbocycles. The first kappa shape index (κ1) is 12.2. The summed E-state index contributed by atoms with van der Waals surface area (Å²) in [6, 6.07) is 1.95. The molecule has 1 aromatic heterocycles. The Labute approximate surface area is 113 Å². The number of nitrogens with zero attached hydrogens (tertiary/aromatic N) is 3. The maximum atomic E-state index is 5.79. The highest BCUT2D eigenvalue weighted by molar-refractivity contribution is 6.30. The standard InChI is InChI=1S/C13H19ClN4/c1-18-11-3-2-4-12(18)6-10(5-11)17-13-15-7-9(14)8-16-13/h7-8,10-12H,2-6H2,1H3,(H,15,16,17). The predicted molar refractivity (Wildman–Crippen MR) is 72.9 cm³/mol. The minimum atomic E-state index is 0.498. The molecule has 0 spiro atoms. The van der Waals surface area contributed by atoms with Gasteiger partial charge in [0.25, 0.3) is 0 Å². The molecule has 3 rings (SSSR count). The van der Waals surface area contributed by atoms with Crippen molar-refractivity contribution in [3.05, 3.63) is 17.4 Å². The summed E-state index contributed by atoms with van der Waals surface area (Å²) >= 11 is 5.79. The van der Waals surface area contributed by atoms with Crippen LogP contribution in [0.5, 0.6) is 0 Å². The first-order chi connectivity index (χ1) is 8.72. The van der Waals surface area contributed by atoms with Crippen LogP contribution in [-0.2, 0) is 0 Å². The van der Waals surface area contributed by atoms with Crippen LogP contribution in [0.15, 0.2) is 12.4 Å². The SMILES string of the molecule is CN1C2CCCC1CC(Nc1ncc(Cl)cn1)C2. The lowest BCUT2D eigenvalue weighted by Gasteiger charge is -2.47. The first-order valence-electron chi connectivity index (χ1n) is 6.68. The Bertz CT molecular complexity index is 394. The van der Waals surface area contributed by atoms with E-state index in [4.69, 9.17) is 11.6 Å². The lowest BCUT2D eigenvalue weighted by Crippen LogP contribution is -2.52.